The summed E-state index contributed by atoms with van der Waals surface area (Å²) in [7, 11) is 0. The number of hydrogen-bond donors (Lipinski definition) is 0. The Kier molecular flexibility index (Phi) is 3.41. The Morgan fingerprint density at radius 1 is 0.955 bits per heavy atom. The van der Waals surface area contributed by atoms with Crippen molar-refractivity contribution < 1.29 is 0 Å². The summed E-state index contributed by atoms with van der Waals surface area (Å²) in [5, 5.41) is 0. The van der Waals surface area contributed by atoms with Crippen LogP contribution in [0.5, 0.6) is 0 Å². The van der Waals surface area contributed by atoms with Gasteiger partial charge in [-0.2, -0.15) is 0 Å². The minimum absolute atomic E-state index is 0.605. The van der Waals surface area contributed by atoms with Crippen molar-refractivity contribution >= 4 is 11.6 Å². The van der Waals surface area contributed by atoms with Gasteiger partial charge in [0, 0.05) is 50.1 Å². The molecule has 2 aromatic heterocycles. The maximum absolute atomic E-state index is 4.80. The number of piperazine rings is 1. The van der Waals surface area contributed by atoms with Gasteiger partial charge in [-0.15, -0.1) is 0 Å². The summed E-state index contributed by atoms with van der Waals surface area (Å²) in [4.78, 5) is 18.5. The van der Waals surface area contributed by atoms with Gasteiger partial charge in [0.05, 0.1) is 0 Å². The summed E-state index contributed by atoms with van der Waals surface area (Å²) in [6.45, 7) is 6.01. The number of pyridine rings is 1. The van der Waals surface area contributed by atoms with Crippen LogP contribution in [0.25, 0.3) is 0 Å². The third kappa shape index (κ3) is 2.75. The van der Waals surface area contributed by atoms with Gasteiger partial charge in [-0.25, -0.2) is 15.0 Å². The average Bonchev–Trinajstić information content (AvgIpc) is 3.40. The number of nitrogens with zero attached hydrogens (tertiary/aromatic N) is 5. The molecule has 0 amide bonds. The maximum atomic E-state index is 4.80. The molecule has 5 heteroatoms. The van der Waals surface area contributed by atoms with Gasteiger partial charge >= 0.3 is 0 Å². The molecule has 0 N–H and O–H groups in total. The van der Waals surface area contributed by atoms with Gasteiger partial charge in [-0.1, -0.05) is 6.07 Å². The van der Waals surface area contributed by atoms with Crippen molar-refractivity contribution in [3.63, 3.8) is 0 Å². The molecule has 4 rings (SSSR count). The van der Waals surface area contributed by atoms with Crippen molar-refractivity contribution in [2.24, 2.45) is 0 Å². The molecule has 1 saturated heterocycles. The highest BCUT2D eigenvalue weighted by Gasteiger charge is 2.28. The van der Waals surface area contributed by atoms with Crippen LogP contribution in [0.4, 0.5) is 11.6 Å². The lowest BCUT2D eigenvalue weighted by Crippen LogP contribution is -2.47. The Labute approximate surface area is 131 Å². The van der Waals surface area contributed by atoms with Crippen molar-refractivity contribution in [3.05, 3.63) is 42.0 Å². The predicted molar refractivity (Wildman–Crippen MR) is 87.4 cm³/mol. The zero-order valence-corrected chi connectivity index (χ0v) is 12.9. The van der Waals surface area contributed by atoms with Crippen LogP contribution in [0.1, 0.15) is 30.3 Å². The fraction of sp³-hybridized carbons (Fsp3) is 0.471. The monoisotopic (exact) mass is 295 g/mol. The second kappa shape index (κ2) is 5.55. The zero-order chi connectivity index (χ0) is 14.9. The highest BCUT2D eigenvalue weighted by atomic mass is 15.3. The predicted octanol–water partition coefficient (Wildman–Crippen LogP) is 2.38. The molecule has 2 aliphatic rings. The zero-order valence-electron chi connectivity index (χ0n) is 12.9. The SMILES string of the molecule is Cc1cc(N2CCN(c3ccccn3)CC2)nc(C2CC2)n1. The van der Waals surface area contributed by atoms with Crippen LogP contribution in [0, 0.1) is 6.92 Å². The molecule has 5 nitrogen and oxygen atoms in total. The first kappa shape index (κ1) is 13.5. The maximum Gasteiger partial charge on any atom is 0.134 e. The number of hydrogen-bond acceptors (Lipinski definition) is 5. The van der Waals surface area contributed by atoms with Gasteiger partial charge in [-0.05, 0) is 31.9 Å². The number of aryl methyl sites for hydroxylation is 1. The van der Waals surface area contributed by atoms with E-state index >= 15 is 0 Å². The van der Waals surface area contributed by atoms with Gasteiger partial charge in [0.25, 0.3) is 0 Å². The van der Waals surface area contributed by atoms with Crippen molar-refractivity contribution in [1.29, 1.82) is 0 Å². The molecule has 0 aromatic carbocycles. The van der Waals surface area contributed by atoms with Crippen LogP contribution < -0.4 is 9.80 Å². The lowest BCUT2D eigenvalue weighted by molar-refractivity contribution is 0.638. The van der Waals surface area contributed by atoms with E-state index in [1.54, 1.807) is 0 Å². The van der Waals surface area contributed by atoms with Gasteiger partial charge < -0.3 is 9.80 Å². The molecular weight excluding hydrogens is 274 g/mol. The highest BCUT2D eigenvalue weighted by molar-refractivity contribution is 5.45. The average molecular weight is 295 g/mol. The topological polar surface area (TPSA) is 45.2 Å². The molecule has 0 atom stereocenters. The van der Waals surface area contributed by atoms with Crippen LogP contribution in [0.3, 0.4) is 0 Å². The Bertz CT molecular complexity index is 645. The van der Waals surface area contributed by atoms with Crippen molar-refractivity contribution in [2.75, 3.05) is 36.0 Å². The van der Waals surface area contributed by atoms with Crippen molar-refractivity contribution in [3.8, 4) is 0 Å². The molecule has 3 heterocycles. The number of anilines is 2. The number of aromatic nitrogens is 3. The third-order valence-electron chi connectivity index (χ3n) is 4.38. The molecule has 0 spiro atoms. The smallest absolute Gasteiger partial charge is 0.134 e. The van der Waals surface area contributed by atoms with E-state index in [9.17, 15) is 0 Å². The summed E-state index contributed by atoms with van der Waals surface area (Å²) in [5.74, 6) is 3.81. The van der Waals surface area contributed by atoms with Crippen LogP contribution in [0.2, 0.25) is 0 Å². The number of rotatable bonds is 3. The molecule has 0 unspecified atom stereocenters. The quantitative estimate of drug-likeness (QED) is 0.870. The Balaban J connectivity index is 1.47. The first-order chi connectivity index (χ1) is 10.8. The first-order valence-electron chi connectivity index (χ1n) is 8.06. The normalized spacial score (nSPS) is 18.6. The summed E-state index contributed by atoms with van der Waals surface area (Å²) in [5.41, 5.74) is 1.08. The van der Waals surface area contributed by atoms with Gasteiger partial charge in [0.15, 0.2) is 0 Å². The second-order valence-electron chi connectivity index (χ2n) is 6.16. The van der Waals surface area contributed by atoms with Gasteiger partial charge in [-0.3, -0.25) is 0 Å². The third-order valence-corrected chi connectivity index (χ3v) is 4.38. The van der Waals surface area contributed by atoms with Crippen LogP contribution in [0.15, 0.2) is 30.5 Å². The Morgan fingerprint density at radius 3 is 2.32 bits per heavy atom. The Hall–Kier alpha value is -2.17. The van der Waals surface area contributed by atoms with Crippen LogP contribution in [-0.2, 0) is 0 Å². The second-order valence-corrected chi connectivity index (χ2v) is 6.16. The molecule has 0 bridgehead atoms. The van der Waals surface area contributed by atoms with Crippen molar-refractivity contribution in [1.82, 2.24) is 15.0 Å². The van der Waals surface area contributed by atoms with E-state index in [1.807, 2.05) is 18.3 Å². The molecule has 2 aromatic rings. The van der Waals surface area contributed by atoms with Crippen LogP contribution >= 0.6 is 0 Å². The molecular formula is C17H21N5. The molecule has 114 valence electrons. The van der Waals surface area contributed by atoms with E-state index < -0.39 is 0 Å². The molecule has 1 saturated carbocycles. The van der Waals surface area contributed by atoms with Crippen molar-refractivity contribution in [2.45, 2.75) is 25.7 Å². The fourth-order valence-corrected chi connectivity index (χ4v) is 2.97. The first-order valence-corrected chi connectivity index (χ1v) is 8.06. The van der Waals surface area contributed by atoms with E-state index in [4.69, 9.17) is 4.98 Å². The lowest BCUT2D eigenvalue weighted by atomic mass is 10.2. The summed E-state index contributed by atoms with van der Waals surface area (Å²) < 4.78 is 0. The molecule has 1 aliphatic heterocycles. The largest absolute Gasteiger partial charge is 0.353 e. The molecule has 1 aliphatic carbocycles. The lowest BCUT2D eigenvalue weighted by Gasteiger charge is -2.36. The van der Waals surface area contributed by atoms with E-state index in [-0.39, 0.29) is 0 Å². The minimum Gasteiger partial charge on any atom is -0.353 e. The summed E-state index contributed by atoms with van der Waals surface area (Å²) >= 11 is 0. The van der Waals surface area contributed by atoms with Gasteiger partial charge in [0.2, 0.25) is 0 Å². The Morgan fingerprint density at radius 2 is 1.68 bits per heavy atom. The van der Waals surface area contributed by atoms with E-state index in [2.05, 4.69) is 38.8 Å². The van der Waals surface area contributed by atoms with E-state index in [1.165, 1.54) is 12.8 Å². The highest BCUT2D eigenvalue weighted by Crippen LogP contribution is 2.38. The minimum atomic E-state index is 0.605. The van der Waals surface area contributed by atoms with E-state index in [0.717, 1.165) is 49.3 Å². The standard InChI is InChI=1S/C17H21N5/c1-13-12-16(20-17(19-13)14-5-6-14)22-10-8-21(9-11-22)15-4-2-3-7-18-15/h2-4,7,12,14H,5-6,8-11H2,1H3. The molecule has 2 fully saturated rings. The molecule has 22 heavy (non-hydrogen) atoms. The van der Waals surface area contributed by atoms with E-state index in [0.29, 0.717) is 5.92 Å². The van der Waals surface area contributed by atoms with Gasteiger partial charge in [0.1, 0.15) is 17.5 Å². The summed E-state index contributed by atoms with van der Waals surface area (Å²) in [6, 6.07) is 8.20. The fourth-order valence-electron chi connectivity index (χ4n) is 2.97. The summed E-state index contributed by atoms with van der Waals surface area (Å²) in [6.07, 6.45) is 4.35. The molecule has 0 radical (unpaired) electrons. The van der Waals surface area contributed by atoms with Crippen LogP contribution in [-0.4, -0.2) is 41.1 Å².